The van der Waals surface area contributed by atoms with Crippen LogP contribution in [0.15, 0.2) is 12.4 Å². The molecule has 1 saturated heterocycles. The minimum Gasteiger partial charge on any atom is -0.465 e. The fourth-order valence-electron chi connectivity index (χ4n) is 2.36. The molecule has 0 aromatic carbocycles. The third-order valence-corrected chi connectivity index (χ3v) is 3.67. The normalized spacial score (nSPS) is 18.0. The number of hydrogen-bond acceptors (Lipinski definition) is 5. The first-order valence-corrected chi connectivity index (χ1v) is 7.58. The summed E-state index contributed by atoms with van der Waals surface area (Å²) in [6.07, 6.45) is 4.74. The van der Waals surface area contributed by atoms with E-state index in [-0.39, 0.29) is 12.3 Å². The first kappa shape index (κ1) is 16.2. The Kier molecular flexibility index (Phi) is 6.13. The molecular formula is C13H24N6O3. The molecule has 2 rings (SSSR count). The van der Waals surface area contributed by atoms with Gasteiger partial charge in [-0.25, -0.2) is 9.59 Å². The average Bonchev–Trinajstić information content (AvgIpc) is 3.04. The topological polar surface area (TPSA) is 109 Å². The highest BCUT2D eigenvalue weighted by atomic mass is 16.4. The van der Waals surface area contributed by atoms with Crippen molar-refractivity contribution in [3.63, 3.8) is 0 Å². The lowest BCUT2D eigenvalue weighted by molar-refractivity contribution is 0.112. The molecular weight excluding hydrogens is 288 g/mol. The summed E-state index contributed by atoms with van der Waals surface area (Å²) in [5.41, 5.74) is 0. The van der Waals surface area contributed by atoms with E-state index in [0.717, 1.165) is 19.4 Å². The van der Waals surface area contributed by atoms with Gasteiger partial charge in [-0.3, -0.25) is 5.32 Å². The monoisotopic (exact) mass is 312 g/mol. The van der Waals surface area contributed by atoms with E-state index in [4.69, 9.17) is 5.11 Å². The summed E-state index contributed by atoms with van der Waals surface area (Å²) in [5.74, 6) is 0. The van der Waals surface area contributed by atoms with Crippen molar-refractivity contribution in [1.82, 2.24) is 31.1 Å². The van der Waals surface area contributed by atoms with Crippen molar-refractivity contribution >= 4 is 12.1 Å². The molecule has 2 aliphatic heterocycles. The van der Waals surface area contributed by atoms with Gasteiger partial charge in [0, 0.05) is 45.1 Å². The zero-order chi connectivity index (χ0) is 15.8. The lowest BCUT2D eigenvalue weighted by Crippen LogP contribution is -2.53. The van der Waals surface area contributed by atoms with Crippen LogP contribution in [0.4, 0.5) is 9.59 Å². The smallest absolute Gasteiger partial charge is 0.407 e. The average molecular weight is 312 g/mol. The molecule has 0 saturated carbocycles. The molecule has 1 fully saturated rings. The number of carboxylic acid groups (broad SMARTS) is 1. The molecule has 3 amide bonds. The first-order valence-electron chi connectivity index (χ1n) is 7.58. The first-order chi connectivity index (χ1) is 10.7. The van der Waals surface area contributed by atoms with Gasteiger partial charge in [0.2, 0.25) is 0 Å². The van der Waals surface area contributed by atoms with E-state index in [1.807, 2.05) is 12.4 Å². The standard InChI is InChI=1S/C13H24N6O3/c20-12(18-7-9-19(10-8-18)13(21)22)17-4-2-1-3-14-11-15-5-6-16-11/h5-6,11,14-16H,1-4,7-10H2,(H,17,20)(H,21,22). The van der Waals surface area contributed by atoms with Gasteiger partial charge in [-0.05, 0) is 19.4 Å². The number of carbonyl (C=O) groups is 2. The number of hydrogen-bond donors (Lipinski definition) is 5. The second kappa shape index (κ2) is 8.32. The van der Waals surface area contributed by atoms with Crippen LogP contribution in [0.5, 0.6) is 0 Å². The molecule has 0 unspecified atom stereocenters. The minimum absolute atomic E-state index is 0.0973. The van der Waals surface area contributed by atoms with E-state index >= 15 is 0 Å². The van der Waals surface area contributed by atoms with Crippen molar-refractivity contribution in [3.8, 4) is 0 Å². The molecule has 5 N–H and O–H groups in total. The molecule has 0 aromatic heterocycles. The van der Waals surface area contributed by atoms with Crippen molar-refractivity contribution in [3.05, 3.63) is 12.4 Å². The maximum Gasteiger partial charge on any atom is 0.407 e. The number of nitrogens with zero attached hydrogens (tertiary/aromatic N) is 2. The van der Waals surface area contributed by atoms with E-state index in [1.165, 1.54) is 4.90 Å². The largest absolute Gasteiger partial charge is 0.465 e. The minimum atomic E-state index is -0.922. The zero-order valence-electron chi connectivity index (χ0n) is 12.5. The van der Waals surface area contributed by atoms with Gasteiger partial charge >= 0.3 is 12.1 Å². The number of unbranched alkanes of at least 4 members (excludes halogenated alkanes) is 1. The van der Waals surface area contributed by atoms with E-state index in [1.54, 1.807) is 4.90 Å². The third-order valence-electron chi connectivity index (χ3n) is 3.67. The second-order valence-electron chi connectivity index (χ2n) is 5.25. The summed E-state index contributed by atoms with van der Waals surface area (Å²) in [6, 6.07) is -0.110. The third kappa shape index (κ3) is 4.99. The SMILES string of the molecule is O=C(O)N1CCN(C(=O)NCCCCNC2NC=CN2)CC1. The molecule has 124 valence electrons. The van der Waals surface area contributed by atoms with Gasteiger partial charge < -0.3 is 30.9 Å². The molecule has 9 heteroatoms. The van der Waals surface area contributed by atoms with Crippen molar-refractivity contribution < 1.29 is 14.7 Å². The van der Waals surface area contributed by atoms with Crippen LogP contribution in [0.25, 0.3) is 0 Å². The van der Waals surface area contributed by atoms with Crippen molar-refractivity contribution in [2.45, 2.75) is 19.1 Å². The molecule has 22 heavy (non-hydrogen) atoms. The van der Waals surface area contributed by atoms with Gasteiger partial charge in [0.15, 0.2) is 6.29 Å². The summed E-state index contributed by atoms with van der Waals surface area (Å²) in [5, 5.41) is 21.2. The van der Waals surface area contributed by atoms with Crippen LogP contribution < -0.4 is 21.3 Å². The fraction of sp³-hybridized carbons (Fsp3) is 0.692. The van der Waals surface area contributed by atoms with E-state index in [9.17, 15) is 9.59 Å². The van der Waals surface area contributed by atoms with Gasteiger partial charge in [0.1, 0.15) is 0 Å². The van der Waals surface area contributed by atoms with Gasteiger partial charge in [-0.15, -0.1) is 0 Å². The summed E-state index contributed by atoms with van der Waals surface area (Å²) in [7, 11) is 0. The summed E-state index contributed by atoms with van der Waals surface area (Å²) in [6.45, 7) is 3.14. The van der Waals surface area contributed by atoms with E-state index in [0.29, 0.717) is 32.7 Å². The zero-order valence-corrected chi connectivity index (χ0v) is 12.5. The highest BCUT2D eigenvalue weighted by molar-refractivity contribution is 5.74. The number of nitrogens with one attached hydrogen (secondary N) is 4. The Morgan fingerprint density at radius 2 is 1.64 bits per heavy atom. The Morgan fingerprint density at radius 1 is 1.05 bits per heavy atom. The van der Waals surface area contributed by atoms with Crippen LogP contribution in [-0.2, 0) is 0 Å². The van der Waals surface area contributed by atoms with Gasteiger partial charge in [-0.1, -0.05) is 0 Å². The Bertz CT molecular complexity index is 401. The fourth-order valence-corrected chi connectivity index (χ4v) is 2.36. The Hall–Kier alpha value is -2.16. The molecule has 2 aliphatic rings. The van der Waals surface area contributed by atoms with Crippen LogP contribution in [0.3, 0.4) is 0 Å². The van der Waals surface area contributed by atoms with Crippen molar-refractivity contribution in [2.24, 2.45) is 0 Å². The van der Waals surface area contributed by atoms with Crippen LogP contribution in [0.2, 0.25) is 0 Å². The van der Waals surface area contributed by atoms with Crippen LogP contribution in [-0.4, -0.2) is 72.6 Å². The Morgan fingerprint density at radius 3 is 2.27 bits per heavy atom. The van der Waals surface area contributed by atoms with Crippen molar-refractivity contribution in [1.29, 1.82) is 0 Å². The highest BCUT2D eigenvalue weighted by Gasteiger charge is 2.23. The quantitative estimate of drug-likeness (QED) is 0.415. The predicted octanol–water partition coefficient (Wildman–Crippen LogP) is -0.691. The van der Waals surface area contributed by atoms with E-state index < -0.39 is 6.09 Å². The highest BCUT2D eigenvalue weighted by Crippen LogP contribution is 2.02. The summed E-state index contributed by atoms with van der Waals surface area (Å²) >= 11 is 0. The summed E-state index contributed by atoms with van der Waals surface area (Å²) < 4.78 is 0. The number of piperazine rings is 1. The maximum absolute atomic E-state index is 11.9. The molecule has 9 nitrogen and oxygen atoms in total. The van der Waals surface area contributed by atoms with Gasteiger partial charge in [0.25, 0.3) is 0 Å². The van der Waals surface area contributed by atoms with Crippen LogP contribution in [0, 0.1) is 0 Å². The molecule has 0 bridgehead atoms. The molecule has 0 aromatic rings. The lowest BCUT2D eigenvalue weighted by atomic mass is 10.3. The number of rotatable bonds is 6. The molecule has 0 radical (unpaired) electrons. The molecule has 0 atom stereocenters. The van der Waals surface area contributed by atoms with Gasteiger partial charge in [0.05, 0.1) is 0 Å². The van der Waals surface area contributed by atoms with Crippen molar-refractivity contribution in [2.75, 3.05) is 39.3 Å². The number of urea groups is 1. The van der Waals surface area contributed by atoms with Crippen LogP contribution >= 0.6 is 0 Å². The Balaban J connectivity index is 1.48. The summed E-state index contributed by atoms with van der Waals surface area (Å²) in [4.78, 5) is 25.7. The lowest BCUT2D eigenvalue weighted by Gasteiger charge is -2.33. The number of amides is 3. The molecule has 2 heterocycles. The predicted molar refractivity (Wildman–Crippen MR) is 81.0 cm³/mol. The Labute approximate surface area is 129 Å². The van der Waals surface area contributed by atoms with E-state index in [2.05, 4.69) is 21.3 Å². The second-order valence-corrected chi connectivity index (χ2v) is 5.25. The number of carbonyl (C=O) groups excluding carboxylic acids is 1. The molecule has 0 spiro atoms. The maximum atomic E-state index is 11.9. The molecule has 0 aliphatic carbocycles. The van der Waals surface area contributed by atoms with Crippen LogP contribution in [0.1, 0.15) is 12.8 Å². The van der Waals surface area contributed by atoms with Gasteiger partial charge in [-0.2, -0.15) is 0 Å².